The molecule has 0 unspecified atom stereocenters. The van der Waals surface area contributed by atoms with Gasteiger partial charge in [-0.3, -0.25) is 14.4 Å². The van der Waals surface area contributed by atoms with E-state index in [1.54, 1.807) is 0 Å². The Balaban J connectivity index is 4.19. The van der Waals surface area contributed by atoms with Gasteiger partial charge in [0.1, 0.15) is 13.2 Å². The maximum Gasteiger partial charge on any atom is 0.306 e. The summed E-state index contributed by atoms with van der Waals surface area (Å²) in [5.74, 6) is -0.859. The van der Waals surface area contributed by atoms with E-state index in [9.17, 15) is 14.4 Å². The largest absolute Gasteiger partial charge is 0.462 e. The van der Waals surface area contributed by atoms with Gasteiger partial charge in [-0.15, -0.1) is 0 Å². The molecule has 0 rings (SSSR count). The molecule has 0 bridgehead atoms. The molecule has 0 heterocycles. The third kappa shape index (κ3) is 39.6. The number of carbonyl (C=O) groups is 3. The zero-order valence-corrected chi connectivity index (χ0v) is 35.1. The minimum Gasteiger partial charge on any atom is -0.462 e. The molecule has 0 N–H and O–H groups in total. The normalized spacial score (nSPS) is 11.8. The number of ether oxygens (including phenoxy) is 3. The lowest BCUT2D eigenvalue weighted by atomic mass is 10.0. The van der Waals surface area contributed by atoms with Crippen LogP contribution in [-0.2, 0) is 28.6 Å². The van der Waals surface area contributed by atoms with Crippen LogP contribution in [0.2, 0.25) is 0 Å². The lowest BCUT2D eigenvalue weighted by Gasteiger charge is -2.18. The molecule has 6 nitrogen and oxygen atoms in total. The second-order valence-electron chi connectivity index (χ2n) is 15.7. The van der Waals surface area contributed by atoms with Gasteiger partial charge in [-0.2, -0.15) is 0 Å². The molecule has 1 atom stereocenters. The van der Waals surface area contributed by atoms with Crippen molar-refractivity contribution >= 4 is 17.9 Å². The van der Waals surface area contributed by atoms with E-state index in [2.05, 4.69) is 20.8 Å². The zero-order valence-electron chi connectivity index (χ0n) is 35.1. The van der Waals surface area contributed by atoms with Crippen LogP contribution >= 0.6 is 0 Å². The molecule has 6 heteroatoms. The van der Waals surface area contributed by atoms with Gasteiger partial charge in [-0.25, -0.2) is 0 Å². The third-order valence-corrected chi connectivity index (χ3v) is 10.4. The highest BCUT2D eigenvalue weighted by atomic mass is 16.6. The Morgan fingerprint density at radius 2 is 0.519 bits per heavy atom. The van der Waals surface area contributed by atoms with E-state index < -0.39 is 6.10 Å². The topological polar surface area (TPSA) is 78.9 Å². The summed E-state index contributed by atoms with van der Waals surface area (Å²) in [5, 5.41) is 0. The molecule has 0 aliphatic carbocycles. The number of rotatable bonds is 42. The van der Waals surface area contributed by atoms with Crippen LogP contribution < -0.4 is 0 Å². The molecule has 0 saturated carbocycles. The fourth-order valence-corrected chi connectivity index (χ4v) is 6.85. The summed E-state index contributed by atoms with van der Waals surface area (Å²) >= 11 is 0. The van der Waals surface area contributed by atoms with E-state index in [4.69, 9.17) is 14.2 Å². The molecule has 0 aromatic rings. The van der Waals surface area contributed by atoms with E-state index in [0.29, 0.717) is 19.3 Å². The zero-order chi connectivity index (χ0) is 38.0. The number of hydrogen-bond donors (Lipinski definition) is 0. The predicted octanol–water partition coefficient (Wildman–Crippen LogP) is 14.5. The van der Waals surface area contributed by atoms with Crippen LogP contribution in [0, 0.1) is 0 Å². The summed E-state index contributed by atoms with van der Waals surface area (Å²) in [7, 11) is 0. The quantitative estimate of drug-likeness (QED) is 0.0353. The molecule has 52 heavy (non-hydrogen) atoms. The Morgan fingerprint density at radius 1 is 0.308 bits per heavy atom. The lowest BCUT2D eigenvalue weighted by molar-refractivity contribution is -0.167. The van der Waals surface area contributed by atoms with Gasteiger partial charge in [0.05, 0.1) is 0 Å². The smallest absolute Gasteiger partial charge is 0.306 e. The van der Waals surface area contributed by atoms with E-state index in [1.165, 1.54) is 161 Å². The van der Waals surface area contributed by atoms with Crippen molar-refractivity contribution in [1.29, 1.82) is 0 Å². The van der Waals surface area contributed by atoms with Crippen LogP contribution in [0.5, 0.6) is 0 Å². The second-order valence-corrected chi connectivity index (χ2v) is 15.7. The second kappa shape index (κ2) is 42.2. The molecule has 0 radical (unpaired) electrons. The number of carbonyl (C=O) groups excluding carboxylic acids is 3. The Bertz CT molecular complexity index is 768. The van der Waals surface area contributed by atoms with Crippen LogP contribution in [0.1, 0.15) is 258 Å². The van der Waals surface area contributed by atoms with Crippen molar-refractivity contribution in [2.45, 2.75) is 264 Å². The van der Waals surface area contributed by atoms with Crippen LogP contribution in [0.15, 0.2) is 0 Å². The summed E-state index contributed by atoms with van der Waals surface area (Å²) in [6.07, 6.45) is 42.4. The third-order valence-electron chi connectivity index (χ3n) is 10.4. The van der Waals surface area contributed by atoms with Gasteiger partial charge in [0.25, 0.3) is 0 Å². The highest BCUT2D eigenvalue weighted by Crippen LogP contribution is 2.16. The Hall–Kier alpha value is -1.59. The van der Waals surface area contributed by atoms with Gasteiger partial charge in [0.2, 0.25) is 0 Å². The van der Waals surface area contributed by atoms with E-state index in [1.807, 2.05) is 0 Å². The van der Waals surface area contributed by atoms with Crippen LogP contribution in [-0.4, -0.2) is 37.2 Å². The Kier molecular flexibility index (Phi) is 40.9. The summed E-state index contributed by atoms with van der Waals surface area (Å²) in [6.45, 7) is 6.60. The van der Waals surface area contributed by atoms with E-state index in [0.717, 1.165) is 57.8 Å². The standard InChI is InChI=1S/C46H88O6/c1-4-7-10-13-16-18-20-21-22-23-24-25-26-28-30-33-36-39-45(48)51-42-43(41-50-44(47)38-35-32-29-15-12-9-6-3)52-46(49)40-37-34-31-27-19-17-14-11-8-5-2/h43H,4-42H2,1-3H3/t43-/m1/s1. The van der Waals surface area contributed by atoms with Gasteiger partial charge in [-0.05, 0) is 19.3 Å². The average Bonchev–Trinajstić information content (AvgIpc) is 3.14. The van der Waals surface area contributed by atoms with Gasteiger partial charge in [-0.1, -0.05) is 220 Å². The van der Waals surface area contributed by atoms with Gasteiger partial charge in [0, 0.05) is 19.3 Å². The van der Waals surface area contributed by atoms with Crippen molar-refractivity contribution < 1.29 is 28.6 Å². The van der Waals surface area contributed by atoms with Crippen LogP contribution in [0.4, 0.5) is 0 Å². The van der Waals surface area contributed by atoms with Gasteiger partial charge >= 0.3 is 17.9 Å². The lowest BCUT2D eigenvalue weighted by Crippen LogP contribution is -2.30. The van der Waals surface area contributed by atoms with Crippen molar-refractivity contribution in [2.75, 3.05) is 13.2 Å². The first-order valence-electron chi connectivity index (χ1n) is 23.0. The maximum atomic E-state index is 12.6. The first-order chi connectivity index (χ1) is 25.5. The Morgan fingerprint density at radius 3 is 0.769 bits per heavy atom. The predicted molar refractivity (Wildman–Crippen MR) is 220 cm³/mol. The highest BCUT2D eigenvalue weighted by molar-refractivity contribution is 5.71. The average molecular weight is 737 g/mol. The van der Waals surface area contributed by atoms with Crippen LogP contribution in [0.3, 0.4) is 0 Å². The molecule has 0 spiro atoms. The summed E-state index contributed by atoms with van der Waals surface area (Å²) in [4.78, 5) is 37.5. The fraction of sp³-hybridized carbons (Fsp3) is 0.935. The SMILES string of the molecule is CCCCCCCCCCCCCCCCCCCC(=O)OC[C@@H](COC(=O)CCCCCCCCC)OC(=O)CCCCCCCCCCCC. The summed E-state index contributed by atoms with van der Waals surface area (Å²) in [5.41, 5.74) is 0. The first-order valence-corrected chi connectivity index (χ1v) is 23.0. The first kappa shape index (κ1) is 50.4. The molecular weight excluding hydrogens is 648 g/mol. The molecule has 0 aliphatic rings. The van der Waals surface area contributed by atoms with Crippen molar-refractivity contribution in [3.63, 3.8) is 0 Å². The molecule has 0 amide bonds. The fourth-order valence-electron chi connectivity index (χ4n) is 6.85. The van der Waals surface area contributed by atoms with Crippen molar-refractivity contribution in [1.82, 2.24) is 0 Å². The van der Waals surface area contributed by atoms with E-state index >= 15 is 0 Å². The minimum absolute atomic E-state index is 0.0632. The molecule has 0 fully saturated rings. The number of esters is 3. The van der Waals surface area contributed by atoms with Crippen molar-refractivity contribution in [3.8, 4) is 0 Å². The van der Waals surface area contributed by atoms with Gasteiger partial charge < -0.3 is 14.2 Å². The van der Waals surface area contributed by atoms with Gasteiger partial charge in [0.15, 0.2) is 6.10 Å². The maximum absolute atomic E-state index is 12.6. The Labute approximate surface area is 323 Å². The highest BCUT2D eigenvalue weighted by Gasteiger charge is 2.19. The molecule has 308 valence electrons. The molecule has 0 aromatic heterocycles. The molecule has 0 aliphatic heterocycles. The molecule has 0 aromatic carbocycles. The monoisotopic (exact) mass is 737 g/mol. The molecule has 0 saturated heterocycles. The van der Waals surface area contributed by atoms with Crippen molar-refractivity contribution in [2.24, 2.45) is 0 Å². The van der Waals surface area contributed by atoms with Crippen molar-refractivity contribution in [3.05, 3.63) is 0 Å². The number of hydrogen-bond acceptors (Lipinski definition) is 6. The minimum atomic E-state index is -0.756. The molecular formula is C46H88O6. The van der Waals surface area contributed by atoms with E-state index in [-0.39, 0.29) is 31.1 Å². The number of unbranched alkanes of at least 4 members (excludes halogenated alkanes) is 31. The summed E-state index contributed by atoms with van der Waals surface area (Å²) in [6, 6.07) is 0. The summed E-state index contributed by atoms with van der Waals surface area (Å²) < 4.78 is 16.6. The van der Waals surface area contributed by atoms with Crippen LogP contribution in [0.25, 0.3) is 0 Å².